The van der Waals surface area contributed by atoms with Gasteiger partial charge in [0.05, 0.1) is 12.1 Å². The Kier molecular flexibility index (Phi) is 7.19. The molecule has 0 saturated carbocycles. The molecule has 27 heavy (non-hydrogen) atoms. The number of anilines is 2. The standard InChI is InChI=1S/C19H20ClN3O4/c1-2-12-5-3-4-6-16(12)23-17(24)10-22-18(25)11-27-19(26)14-8-7-13(20)9-15(14)21/h3-9H,2,10-11,21H2,1H3,(H,22,25)(H,23,24). The second-order valence-corrected chi connectivity index (χ2v) is 6.08. The Bertz CT molecular complexity index is 855. The molecule has 0 aliphatic rings. The number of ether oxygens (including phenoxy) is 1. The van der Waals surface area contributed by atoms with E-state index in [1.165, 1.54) is 18.2 Å². The van der Waals surface area contributed by atoms with Gasteiger partial charge in [-0.1, -0.05) is 36.7 Å². The summed E-state index contributed by atoms with van der Waals surface area (Å²) >= 11 is 5.76. The highest BCUT2D eigenvalue weighted by molar-refractivity contribution is 6.31. The van der Waals surface area contributed by atoms with E-state index in [9.17, 15) is 14.4 Å². The molecule has 2 aromatic carbocycles. The average Bonchev–Trinajstić information content (AvgIpc) is 2.65. The van der Waals surface area contributed by atoms with E-state index in [1.54, 1.807) is 6.07 Å². The molecular weight excluding hydrogens is 370 g/mol. The van der Waals surface area contributed by atoms with Gasteiger partial charge in [-0.2, -0.15) is 0 Å². The van der Waals surface area contributed by atoms with Crippen molar-refractivity contribution in [1.29, 1.82) is 0 Å². The predicted molar refractivity (Wildman–Crippen MR) is 104 cm³/mol. The summed E-state index contributed by atoms with van der Waals surface area (Å²) in [5, 5.41) is 5.51. The lowest BCUT2D eigenvalue weighted by molar-refractivity contribution is -0.126. The van der Waals surface area contributed by atoms with Crippen LogP contribution in [0.2, 0.25) is 5.02 Å². The summed E-state index contributed by atoms with van der Waals surface area (Å²) in [5.74, 6) is -1.73. The molecule has 0 atom stereocenters. The van der Waals surface area contributed by atoms with Gasteiger partial charge in [0, 0.05) is 16.4 Å². The van der Waals surface area contributed by atoms with Crippen molar-refractivity contribution in [3.63, 3.8) is 0 Å². The van der Waals surface area contributed by atoms with Gasteiger partial charge in [0.15, 0.2) is 6.61 Å². The van der Waals surface area contributed by atoms with Gasteiger partial charge in [-0.15, -0.1) is 0 Å². The number of nitrogens with one attached hydrogen (secondary N) is 2. The Labute approximate surface area is 161 Å². The van der Waals surface area contributed by atoms with Gasteiger partial charge in [-0.25, -0.2) is 4.79 Å². The molecule has 0 spiro atoms. The normalized spacial score (nSPS) is 10.1. The molecule has 2 aromatic rings. The number of para-hydroxylation sites is 1. The number of carbonyl (C=O) groups excluding carboxylic acids is 3. The van der Waals surface area contributed by atoms with E-state index >= 15 is 0 Å². The lowest BCUT2D eigenvalue weighted by Crippen LogP contribution is -2.35. The van der Waals surface area contributed by atoms with Crippen LogP contribution in [0, 0.1) is 0 Å². The highest BCUT2D eigenvalue weighted by Crippen LogP contribution is 2.18. The van der Waals surface area contributed by atoms with Crippen LogP contribution >= 0.6 is 11.6 Å². The maximum Gasteiger partial charge on any atom is 0.340 e. The van der Waals surface area contributed by atoms with Crippen molar-refractivity contribution in [2.75, 3.05) is 24.2 Å². The topological polar surface area (TPSA) is 111 Å². The molecular formula is C19H20ClN3O4. The first kappa shape index (κ1) is 20.3. The van der Waals surface area contributed by atoms with Crippen LogP contribution in [-0.4, -0.2) is 30.9 Å². The van der Waals surface area contributed by atoms with Gasteiger partial charge in [0.2, 0.25) is 5.91 Å². The average molecular weight is 390 g/mol. The highest BCUT2D eigenvalue weighted by Gasteiger charge is 2.14. The Morgan fingerprint density at radius 2 is 1.85 bits per heavy atom. The minimum absolute atomic E-state index is 0.112. The van der Waals surface area contributed by atoms with Crippen LogP contribution in [0.4, 0.5) is 11.4 Å². The molecule has 2 rings (SSSR count). The van der Waals surface area contributed by atoms with Crippen LogP contribution in [0.25, 0.3) is 0 Å². The Morgan fingerprint density at radius 1 is 1.11 bits per heavy atom. The summed E-state index contributed by atoms with van der Waals surface area (Å²) in [7, 11) is 0. The first-order valence-electron chi connectivity index (χ1n) is 8.27. The van der Waals surface area contributed by atoms with Gasteiger partial charge in [-0.3, -0.25) is 9.59 Å². The molecule has 8 heteroatoms. The zero-order valence-corrected chi connectivity index (χ0v) is 15.5. The molecule has 0 aliphatic carbocycles. The molecule has 0 aliphatic heterocycles. The third-order valence-corrected chi connectivity index (χ3v) is 3.92. The van der Waals surface area contributed by atoms with E-state index in [4.69, 9.17) is 22.1 Å². The van der Waals surface area contributed by atoms with Crippen molar-refractivity contribution in [2.24, 2.45) is 0 Å². The quantitative estimate of drug-likeness (QED) is 0.497. The number of benzene rings is 2. The summed E-state index contributed by atoms with van der Waals surface area (Å²) in [6.07, 6.45) is 0.770. The zero-order valence-electron chi connectivity index (χ0n) is 14.8. The van der Waals surface area contributed by atoms with Crippen molar-refractivity contribution < 1.29 is 19.1 Å². The van der Waals surface area contributed by atoms with Crippen LogP contribution in [0.15, 0.2) is 42.5 Å². The summed E-state index contributed by atoms with van der Waals surface area (Å²) in [6, 6.07) is 11.7. The third kappa shape index (κ3) is 6.00. The van der Waals surface area contributed by atoms with E-state index in [1.807, 2.05) is 25.1 Å². The van der Waals surface area contributed by atoms with Crippen molar-refractivity contribution in [3.05, 3.63) is 58.6 Å². The third-order valence-electron chi connectivity index (χ3n) is 3.69. The van der Waals surface area contributed by atoms with Crippen LogP contribution in [0.1, 0.15) is 22.8 Å². The number of halogens is 1. The predicted octanol–water partition coefficient (Wildman–Crippen LogP) is 2.40. The number of rotatable bonds is 7. The Hall–Kier alpha value is -3.06. The van der Waals surface area contributed by atoms with Crippen molar-refractivity contribution >= 4 is 40.8 Å². The molecule has 0 saturated heterocycles. The van der Waals surface area contributed by atoms with Crippen molar-refractivity contribution in [3.8, 4) is 0 Å². The molecule has 0 fully saturated rings. The molecule has 7 nitrogen and oxygen atoms in total. The molecule has 0 bridgehead atoms. The maximum absolute atomic E-state index is 12.0. The first-order chi connectivity index (χ1) is 12.9. The fraction of sp³-hybridized carbons (Fsp3) is 0.211. The van der Waals surface area contributed by atoms with Crippen molar-refractivity contribution in [1.82, 2.24) is 5.32 Å². The minimum Gasteiger partial charge on any atom is -0.452 e. The fourth-order valence-corrected chi connectivity index (χ4v) is 2.48. The largest absolute Gasteiger partial charge is 0.452 e. The number of hydrogen-bond donors (Lipinski definition) is 3. The summed E-state index contributed by atoms with van der Waals surface area (Å²) < 4.78 is 4.89. The molecule has 0 unspecified atom stereocenters. The van der Waals surface area contributed by atoms with E-state index in [0.29, 0.717) is 10.7 Å². The highest BCUT2D eigenvalue weighted by atomic mass is 35.5. The van der Waals surface area contributed by atoms with E-state index in [0.717, 1.165) is 12.0 Å². The minimum atomic E-state index is -0.749. The number of aryl methyl sites for hydroxylation is 1. The van der Waals surface area contributed by atoms with Gasteiger partial charge < -0.3 is 21.1 Å². The molecule has 4 N–H and O–H groups in total. The van der Waals surface area contributed by atoms with Gasteiger partial charge in [-0.05, 0) is 36.2 Å². The molecule has 0 radical (unpaired) electrons. The second-order valence-electron chi connectivity index (χ2n) is 5.64. The lowest BCUT2D eigenvalue weighted by atomic mass is 10.1. The van der Waals surface area contributed by atoms with Gasteiger partial charge in [0.25, 0.3) is 5.91 Å². The van der Waals surface area contributed by atoms with Gasteiger partial charge in [0.1, 0.15) is 0 Å². The molecule has 2 amide bonds. The molecule has 0 heterocycles. The van der Waals surface area contributed by atoms with Crippen LogP contribution in [-0.2, 0) is 20.7 Å². The zero-order chi connectivity index (χ0) is 19.8. The summed E-state index contributed by atoms with van der Waals surface area (Å²) in [5.41, 5.74) is 7.64. The summed E-state index contributed by atoms with van der Waals surface area (Å²) in [4.78, 5) is 35.7. The van der Waals surface area contributed by atoms with Crippen LogP contribution in [0.5, 0.6) is 0 Å². The molecule has 0 aromatic heterocycles. The van der Waals surface area contributed by atoms with Crippen LogP contribution < -0.4 is 16.4 Å². The van der Waals surface area contributed by atoms with E-state index in [-0.39, 0.29) is 23.7 Å². The number of carbonyl (C=O) groups is 3. The number of amides is 2. The van der Waals surface area contributed by atoms with Crippen LogP contribution in [0.3, 0.4) is 0 Å². The number of esters is 1. The monoisotopic (exact) mass is 389 g/mol. The smallest absolute Gasteiger partial charge is 0.340 e. The second kappa shape index (κ2) is 9.59. The Morgan fingerprint density at radius 3 is 2.56 bits per heavy atom. The first-order valence-corrected chi connectivity index (χ1v) is 8.65. The SMILES string of the molecule is CCc1ccccc1NC(=O)CNC(=O)COC(=O)c1ccc(Cl)cc1N. The molecule has 142 valence electrons. The Balaban J connectivity index is 1.78. The van der Waals surface area contributed by atoms with Gasteiger partial charge >= 0.3 is 5.97 Å². The fourth-order valence-electron chi connectivity index (χ4n) is 2.30. The number of nitrogens with two attached hydrogens (primary N) is 1. The number of nitrogen functional groups attached to an aromatic ring is 1. The summed E-state index contributed by atoms with van der Waals surface area (Å²) in [6.45, 7) is 1.21. The van der Waals surface area contributed by atoms with Crippen molar-refractivity contribution in [2.45, 2.75) is 13.3 Å². The lowest BCUT2D eigenvalue weighted by Gasteiger charge is -2.11. The van der Waals surface area contributed by atoms with E-state index < -0.39 is 18.5 Å². The maximum atomic E-state index is 12.0. The number of hydrogen-bond acceptors (Lipinski definition) is 5. The van der Waals surface area contributed by atoms with E-state index in [2.05, 4.69) is 10.6 Å².